The van der Waals surface area contributed by atoms with Gasteiger partial charge in [0.1, 0.15) is 17.5 Å². The molecule has 2 N–H and O–H groups in total. The fourth-order valence-electron chi connectivity index (χ4n) is 2.72. The highest BCUT2D eigenvalue weighted by Crippen LogP contribution is 2.33. The highest BCUT2D eigenvalue weighted by atomic mass is 16.7. The van der Waals surface area contributed by atoms with Gasteiger partial charge in [0.25, 0.3) is 0 Å². The molecule has 0 fully saturated rings. The molecule has 1 aliphatic carbocycles. The molecule has 0 aliphatic heterocycles. The number of hydrogen-bond donors (Lipinski definition) is 1. The van der Waals surface area contributed by atoms with Crippen LogP contribution in [-0.2, 0) is 19.0 Å². The number of rotatable bonds is 6. The summed E-state index contributed by atoms with van der Waals surface area (Å²) in [6.07, 6.45) is 5.48. The summed E-state index contributed by atoms with van der Waals surface area (Å²) in [7, 11) is 0. The predicted molar refractivity (Wildman–Crippen MR) is 100 cm³/mol. The Hall–Kier alpha value is -1.82. The summed E-state index contributed by atoms with van der Waals surface area (Å²) in [6, 6.07) is 0. The van der Waals surface area contributed by atoms with Crippen LogP contribution in [0.2, 0.25) is 0 Å². The number of hydrogen-bond acceptors (Lipinski definition) is 6. The van der Waals surface area contributed by atoms with Crippen molar-refractivity contribution in [1.29, 1.82) is 0 Å². The third kappa shape index (κ3) is 7.60. The normalized spacial score (nSPS) is 20.0. The molecule has 0 spiro atoms. The van der Waals surface area contributed by atoms with Gasteiger partial charge in [0.15, 0.2) is 0 Å². The fraction of sp³-hybridized carbons (Fsp3) is 0.700. The van der Waals surface area contributed by atoms with Crippen LogP contribution < -0.4 is 5.73 Å². The van der Waals surface area contributed by atoms with Crippen molar-refractivity contribution in [2.75, 3.05) is 0 Å². The largest absolute Gasteiger partial charge is 0.509 e. The van der Waals surface area contributed by atoms with Gasteiger partial charge in [0, 0.05) is 12.0 Å². The lowest BCUT2D eigenvalue weighted by atomic mass is 9.77. The number of carbonyl (C=O) groups is 2. The summed E-state index contributed by atoms with van der Waals surface area (Å²) >= 11 is 0. The van der Waals surface area contributed by atoms with E-state index in [2.05, 4.69) is 0 Å². The molecule has 0 aromatic carbocycles. The maximum atomic E-state index is 12.6. The van der Waals surface area contributed by atoms with Crippen LogP contribution in [-0.4, -0.2) is 29.4 Å². The van der Waals surface area contributed by atoms with Gasteiger partial charge in [-0.2, -0.15) is 0 Å². The molecule has 6 heteroatoms. The zero-order chi connectivity index (χ0) is 20.2. The van der Waals surface area contributed by atoms with Gasteiger partial charge in [-0.1, -0.05) is 6.92 Å². The standard InChI is InChI=1S/C20H33NO5/c1-8-20(7,13-19(5,6)21)16(22)24-14-9-11-15(12-10-14)25-17(23)26-18(2,3)4/h9-11,15H,8,12-13,21H2,1-7H3. The third-order valence-electron chi connectivity index (χ3n) is 3.99. The van der Waals surface area contributed by atoms with Gasteiger partial charge in [-0.15, -0.1) is 0 Å². The minimum absolute atomic E-state index is 0.305. The van der Waals surface area contributed by atoms with Crippen molar-refractivity contribution in [2.45, 2.75) is 85.0 Å². The SMILES string of the molecule is CCC(C)(CC(C)(C)N)C(=O)OC1=CCC(OC(=O)OC(C)(C)C)C=C1. The lowest BCUT2D eigenvalue weighted by Crippen LogP contribution is -2.42. The molecule has 0 bridgehead atoms. The molecule has 0 amide bonds. The molecule has 6 nitrogen and oxygen atoms in total. The second-order valence-corrected chi connectivity index (χ2v) is 8.79. The Morgan fingerprint density at radius 2 is 1.81 bits per heavy atom. The molecular weight excluding hydrogens is 334 g/mol. The van der Waals surface area contributed by atoms with E-state index in [1.807, 2.05) is 27.7 Å². The average Bonchev–Trinajstić information content (AvgIpc) is 2.45. The van der Waals surface area contributed by atoms with Crippen LogP contribution in [0.3, 0.4) is 0 Å². The van der Waals surface area contributed by atoms with Gasteiger partial charge < -0.3 is 19.9 Å². The first kappa shape index (κ1) is 22.2. The first-order chi connectivity index (χ1) is 11.7. The van der Waals surface area contributed by atoms with Crippen LogP contribution in [0.25, 0.3) is 0 Å². The molecule has 1 aliphatic rings. The van der Waals surface area contributed by atoms with Crippen molar-refractivity contribution >= 4 is 12.1 Å². The highest BCUT2D eigenvalue weighted by Gasteiger charge is 2.38. The first-order valence-corrected chi connectivity index (χ1v) is 9.03. The van der Waals surface area contributed by atoms with Crippen LogP contribution in [0, 0.1) is 5.41 Å². The van der Waals surface area contributed by atoms with E-state index in [9.17, 15) is 9.59 Å². The Morgan fingerprint density at radius 1 is 1.19 bits per heavy atom. The molecular formula is C20H33NO5. The van der Waals surface area contributed by atoms with Crippen molar-refractivity contribution in [2.24, 2.45) is 11.1 Å². The van der Waals surface area contributed by atoms with Crippen LogP contribution in [0.15, 0.2) is 24.0 Å². The number of ether oxygens (including phenoxy) is 3. The molecule has 0 heterocycles. The summed E-state index contributed by atoms with van der Waals surface area (Å²) in [5, 5.41) is 0. The van der Waals surface area contributed by atoms with Crippen molar-refractivity contribution in [3.8, 4) is 0 Å². The Bertz CT molecular complexity index is 580. The Balaban J connectivity index is 2.61. The Morgan fingerprint density at radius 3 is 2.23 bits per heavy atom. The summed E-state index contributed by atoms with van der Waals surface area (Å²) in [6.45, 7) is 12.9. The van der Waals surface area contributed by atoms with Gasteiger partial charge in [0.2, 0.25) is 0 Å². The van der Waals surface area contributed by atoms with E-state index in [0.717, 1.165) is 0 Å². The molecule has 148 valence electrons. The number of allylic oxidation sites excluding steroid dienone is 1. The van der Waals surface area contributed by atoms with Crippen molar-refractivity contribution < 1.29 is 23.8 Å². The summed E-state index contributed by atoms with van der Waals surface area (Å²) in [5.41, 5.74) is 4.35. The van der Waals surface area contributed by atoms with E-state index in [4.69, 9.17) is 19.9 Å². The Labute approximate surface area is 156 Å². The van der Waals surface area contributed by atoms with E-state index in [0.29, 0.717) is 25.0 Å². The maximum Gasteiger partial charge on any atom is 0.509 e. The van der Waals surface area contributed by atoms with Gasteiger partial charge in [-0.05, 0) is 72.6 Å². The van der Waals surface area contributed by atoms with E-state index >= 15 is 0 Å². The number of nitrogens with two attached hydrogens (primary N) is 1. The fourth-order valence-corrected chi connectivity index (χ4v) is 2.72. The summed E-state index contributed by atoms with van der Waals surface area (Å²) in [4.78, 5) is 24.3. The molecule has 0 saturated heterocycles. The van der Waals surface area contributed by atoms with Gasteiger partial charge in [-0.3, -0.25) is 4.79 Å². The van der Waals surface area contributed by atoms with Gasteiger partial charge in [0.05, 0.1) is 5.41 Å². The topological polar surface area (TPSA) is 87.9 Å². The molecule has 2 unspecified atom stereocenters. The molecule has 0 radical (unpaired) electrons. The quantitative estimate of drug-likeness (QED) is 0.707. The minimum Gasteiger partial charge on any atom is -0.429 e. The second-order valence-electron chi connectivity index (χ2n) is 8.79. The smallest absolute Gasteiger partial charge is 0.429 e. The van der Waals surface area contributed by atoms with Crippen LogP contribution in [0.4, 0.5) is 4.79 Å². The number of carbonyl (C=O) groups excluding carboxylic acids is 2. The lowest BCUT2D eigenvalue weighted by molar-refractivity contribution is -0.151. The second kappa shape index (κ2) is 8.25. The molecule has 0 aromatic heterocycles. The van der Waals surface area contributed by atoms with Crippen LogP contribution in [0.1, 0.15) is 67.7 Å². The van der Waals surface area contributed by atoms with Crippen molar-refractivity contribution in [3.05, 3.63) is 24.0 Å². The van der Waals surface area contributed by atoms with E-state index in [1.165, 1.54) is 0 Å². The molecule has 1 rings (SSSR count). The zero-order valence-corrected chi connectivity index (χ0v) is 17.0. The van der Waals surface area contributed by atoms with E-state index in [-0.39, 0.29) is 5.97 Å². The Kier molecular flexibility index (Phi) is 7.05. The van der Waals surface area contributed by atoms with Gasteiger partial charge in [-0.25, -0.2) is 4.79 Å². The predicted octanol–water partition coefficient (Wildman–Crippen LogP) is 4.24. The summed E-state index contributed by atoms with van der Waals surface area (Å²) < 4.78 is 15.9. The van der Waals surface area contributed by atoms with Gasteiger partial charge >= 0.3 is 12.1 Å². The molecule has 26 heavy (non-hydrogen) atoms. The summed E-state index contributed by atoms with van der Waals surface area (Å²) in [5.74, 6) is 0.148. The van der Waals surface area contributed by atoms with Crippen LogP contribution in [0.5, 0.6) is 0 Å². The van der Waals surface area contributed by atoms with Crippen molar-refractivity contribution in [1.82, 2.24) is 0 Å². The van der Waals surface area contributed by atoms with E-state index in [1.54, 1.807) is 39.0 Å². The zero-order valence-electron chi connectivity index (χ0n) is 17.0. The van der Waals surface area contributed by atoms with Crippen LogP contribution >= 0.6 is 0 Å². The third-order valence-corrected chi connectivity index (χ3v) is 3.99. The molecule has 0 saturated carbocycles. The number of esters is 1. The lowest BCUT2D eigenvalue weighted by Gasteiger charge is -2.32. The average molecular weight is 367 g/mol. The monoisotopic (exact) mass is 367 g/mol. The molecule has 2 atom stereocenters. The minimum atomic E-state index is -0.718. The van der Waals surface area contributed by atoms with E-state index < -0.39 is 28.8 Å². The highest BCUT2D eigenvalue weighted by molar-refractivity contribution is 5.77. The first-order valence-electron chi connectivity index (χ1n) is 9.03. The maximum absolute atomic E-state index is 12.6. The molecule has 0 aromatic rings. The van der Waals surface area contributed by atoms with Crippen molar-refractivity contribution in [3.63, 3.8) is 0 Å².